The minimum atomic E-state index is -0.0263. The van der Waals surface area contributed by atoms with Gasteiger partial charge in [-0.1, -0.05) is 13.3 Å². The monoisotopic (exact) mass is 291 g/mol. The fourth-order valence-corrected chi connectivity index (χ4v) is 2.48. The van der Waals surface area contributed by atoms with Crippen LogP contribution in [0.2, 0.25) is 0 Å². The van der Waals surface area contributed by atoms with E-state index in [4.69, 9.17) is 9.47 Å². The summed E-state index contributed by atoms with van der Waals surface area (Å²) in [5.74, 6) is 0.755. The lowest BCUT2D eigenvalue weighted by atomic mass is 10.1. The highest BCUT2D eigenvalue weighted by molar-refractivity contribution is 5.94. The highest BCUT2D eigenvalue weighted by Crippen LogP contribution is 2.16. The molecule has 0 aliphatic carbocycles. The SMILES string of the molecule is CCC[C@H](C)NC(=O)c1ccc(OC[C@@H]2CCCO2)cc1. The van der Waals surface area contributed by atoms with Crippen LogP contribution < -0.4 is 10.1 Å². The van der Waals surface area contributed by atoms with Gasteiger partial charge in [-0.25, -0.2) is 0 Å². The number of carbonyl (C=O) groups is 1. The minimum absolute atomic E-state index is 0.0263. The molecule has 1 aromatic carbocycles. The molecule has 1 N–H and O–H groups in total. The molecule has 0 spiro atoms. The zero-order valence-corrected chi connectivity index (χ0v) is 12.9. The Morgan fingerprint density at radius 2 is 2.19 bits per heavy atom. The maximum atomic E-state index is 12.0. The zero-order chi connectivity index (χ0) is 15.1. The number of amides is 1. The number of rotatable bonds is 7. The van der Waals surface area contributed by atoms with E-state index in [1.807, 2.05) is 19.1 Å². The first kappa shape index (κ1) is 15.8. The number of benzene rings is 1. The molecule has 0 unspecified atom stereocenters. The molecule has 0 bridgehead atoms. The molecule has 21 heavy (non-hydrogen) atoms. The number of hydrogen-bond donors (Lipinski definition) is 1. The lowest BCUT2D eigenvalue weighted by Crippen LogP contribution is -2.32. The topological polar surface area (TPSA) is 47.6 Å². The van der Waals surface area contributed by atoms with Crippen LogP contribution in [0.3, 0.4) is 0 Å². The van der Waals surface area contributed by atoms with Crippen molar-refractivity contribution in [3.8, 4) is 5.75 Å². The van der Waals surface area contributed by atoms with Crippen molar-refractivity contribution in [2.24, 2.45) is 0 Å². The van der Waals surface area contributed by atoms with Gasteiger partial charge in [0.15, 0.2) is 0 Å². The molecule has 1 saturated heterocycles. The van der Waals surface area contributed by atoms with Crippen molar-refractivity contribution in [1.29, 1.82) is 0 Å². The molecule has 1 aromatic rings. The van der Waals surface area contributed by atoms with Crippen LogP contribution in [-0.2, 0) is 4.74 Å². The van der Waals surface area contributed by atoms with Crippen molar-refractivity contribution < 1.29 is 14.3 Å². The quantitative estimate of drug-likeness (QED) is 0.839. The second kappa shape index (κ2) is 8.03. The molecular formula is C17H25NO3. The van der Waals surface area contributed by atoms with Crippen molar-refractivity contribution in [1.82, 2.24) is 5.32 Å². The average Bonchev–Trinajstić information content (AvgIpc) is 2.99. The van der Waals surface area contributed by atoms with E-state index < -0.39 is 0 Å². The van der Waals surface area contributed by atoms with Gasteiger partial charge in [0.05, 0.1) is 6.10 Å². The van der Waals surface area contributed by atoms with Crippen LogP contribution in [0.4, 0.5) is 0 Å². The summed E-state index contributed by atoms with van der Waals surface area (Å²) in [5, 5.41) is 2.99. The normalized spacial score (nSPS) is 19.2. The van der Waals surface area contributed by atoms with Gasteiger partial charge in [-0.3, -0.25) is 4.79 Å². The van der Waals surface area contributed by atoms with Crippen molar-refractivity contribution >= 4 is 5.91 Å². The van der Waals surface area contributed by atoms with Crippen LogP contribution in [-0.4, -0.2) is 31.3 Å². The second-order valence-electron chi connectivity index (χ2n) is 5.63. The number of ether oxygens (including phenoxy) is 2. The predicted octanol–water partition coefficient (Wildman–Crippen LogP) is 3.16. The van der Waals surface area contributed by atoms with Gasteiger partial charge in [0.1, 0.15) is 12.4 Å². The maximum Gasteiger partial charge on any atom is 0.251 e. The Morgan fingerprint density at radius 1 is 1.43 bits per heavy atom. The Bertz CT molecular complexity index is 438. The summed E-state index contributed by atoms with van der Waals surface area (Å²) in [4.78, 5) is 12.0. The van der Waals surface area contributed by atoms with E-state index in [-0.39, 0.29) is 18.1 Å². The number of hydrogen-bond acceptors (Lipinski definition) is 3. The molecular weight excluding hydrogens is 266 g/mol. The van der Waals surface area contributed by atoms with E-state index in [0.29, 0.717) is 12.2 Å². The Labute approximate surface area is 126 Å². The third kappa shape index (κ3) is 5.05. The smallest absolute Gasteiger partial charge is 0.251 e. The zero-order valence-electron chi connectivity index (χ0n) is 12.9. The maximum absolute atomic E-state index is 12.0. The second-order valence-corrected chi connectivity index (χ2v) is 5.63. The lowest BCUT2D eigenvalue weighted by molar-refractivity contribution is 0.0679. The predicted molar refractivity (Wildman–Crippen MR) is 82.7 cm³/mol. The van der Waals surface area contributed by atoms with Crippen molar-refractivity contribution in [2.75, 3.05) is 13.2 Å². The van der Waals surface area contributed by atoms with Gasteiger partial charge in [-0.15, -0.1) is 0 Å². The largest absolute Gasteiger partial charge is 0.491 e. The standard InChI is InChI=1S/C17H25NO3/c1-3-5-13(2)18-17(19)14-7-9-15(10-8-14)21-12-16-6-4-11-20-16/h7-10,13,16H,3-6,11-12H2,1-2H3,(H,18,19)/t13-,16-/m0/s1. The highest BCUT2D eigenvalue weighted by Gasteiger charge is 2.16. The average molecular weight is 291 g/mol. The summed E-state index contributed by atoms with van der Waals surface area (Å²) < 4.78 is 11.2. The van der Waals surface area contributed by atoms with Crippen LogP contribution >= 0.6 is 0 Å². The molecule has 0 radical (unpaired) electrons. The fourth-order valence-electron chi connectivity index (χ4n) is 2.48. The third-order valence-corrected chi connectivity index (χ3v) is 3.68. The Kier molecular flexibility index (Phi) is 6.05. The molecule has 4 nitrogen and oxygen atoms in total. The van der Waals surface area contributed by atoms with Crippen LogP contribution in [0.5, 0.6) is 5.75 Å². The molecule has 2 rings (SSSR count). The van der Waals surface area contributed by atoms with E-state index in [2.05, 4.69) is 12.2 Å². The summed E-state index contributed by atoms with van der Waals surface area (Å²) in [6.45, 7) is 5.56. The lowest BCUT2D eigenvalue weighted by Gasteiger charge is -2.14. The highest BCUT2D eigenvalue weighted by atomic mass is 16.5. The van der Waals surface area contributed by atoms with Crippen molar-refractivity contribution in [3.05, 3.63) is 29.8 Å². The van der Waals surface area contributed by atoms with Gasteiger partial charge in [-0.2, -0.15) is 0 Å². The van der Waals surface area contributed by atoms with Crippen molar-refractivity contribution in [2.45, 2.75) is 51.7 Å². The van der Waals surface area contributed by atoms with Gasteiger partial charge < -0.3 is 14.8 Å². The van der Waals surface area contributed by atoms with Gasteiger partial charge in [0.2, 0.25) is 0 Å². The molecule has 1 amide bonds. The van der Waals surface area contributed by atoms with Gasteiger partial charge in [0.25, 0.3) is 5.91 Å². The minimum Gasteiger partial charge on any atom is -0.491 e. The molecule has 0 aromatic heterocycles. The molecule has 1 aliphatic rings. The molecule has 0 saturated carbocycles. The Balaban J connectivity index is 1.81. The molecule has 1 aliphatic heterocycles. The number of nitrogens with one attached hydrogen (secondary N) is 1. The fraction of sp³-hybridized carbons (Fsp3) is 0.588. The van der Waals surface area contributed by atoms with Crippen LogP contribution in [0.15, 0.2) is 24.3 Å². The molecule has 2 atom stereocenters. The summed E-state index contributed by atoms with van der Waals surface area (Å²) >= 11 is 0. The van der Waals surface area contributed by atoms with E-state index in [0.717, 1.165) is 38.0 Å². The van der Waals surface area contributed by atoms with Gasteiger partial charge in [0, 0.05) is 18.2 Å². The van der Waals surface area contributed by atoms with Crippen LogP contribution in [0.25, 0.3) is 0 Å². The Morgan fingerprint density at radius 3 is 2.81 bits per heavy atom. The first-order valence-corrected chi connectivity index (χ1v) is 7.84. The first-order valence-electron chi connectivity index (χ1n) is 7.84. The van der Waals surface area contributed by atoms with Gasteiger partial charge in [-0.05, 0) is 50.5 Å². The first-order chi connectivity index (χ1) is 10.2. The van der Waals surface area contributed by atoms with Crippen LogP contribution in [0.1, 0.15) is 49.9 Å². The third-order valence-electron chi connectivity index (χ3n) is 3.68. The van der Waals surface area contributed by atoms with E-state index in [1.165, 1.54) is 0 Å². The summed E-state index contributed by atoms with van der Waals surface area (Å²) in [6, 6.07) is 7.50. The Hall–Kier alpha value is -1.55. The van der Waals surface area contributed by atoms with Crippen molar-refractivity contribution in [3.63, 3.8) is 0 Å². The number of carbonyl (C=O) groups excluding carboxylic acids is 1. The van der Waals surface area contributed by atoms with E-state index in [1.54, 1.807) is 12.1 Å². The summed E-state index contributed by atoms with van der Waals surface area (Å²) in [5.41, 5.74) is 0.669. The summed E-state index contributed by atoms with van der Waals surface area (Å²) in [6.07, 6.45) is 4.45. The summed E-state index contributed by atoms with van der Waals surface area (Å²) in [7, 11) is 0. The van der Waals surface area contributed by atoms with E-state index >= 15 is 0 Å². The molecule has 1 fully saturated rings. The van der Waals surface area contributed by atoms with Crippen LogP contribution in [0, 0.1) is 0 Å². The molecule has 1 heterocycles. The van der Waals surface area contributed by atoms with Gasteiger partial charge >= 0.3 is 0 Å². The molecule has 4 heteroatoms. The van der Waals surface area contributed by atoms with E-state index in [9.17, 15) is 4.79 Å². The molecule has 116 valence electrons.